The van der Waals surface area contributed by atoms with Crippen molar-refractivity contribution >= 4 is 11.5 Å². The van der Waals surface area contributed by atoms with E-state index in [1.807, 2.05) is 12.2 Å². The normalized spacial score (nSPS) is 37.9. The number of methoxy groups -OCH3 is 1. The number of ether oxygens (including phenoxy) is 5. The Morgan fingerprint density at radius 3 is 2.70 bits per heavy atom. The Hall–Kier alpha value is -2.61. The molecule has 1 aromatic rings. The Morgan fingerprint density at radius 1 is 1.15 bits per heavy atom. The Balaban J connectivity index is 1.56. The van der Waals surface area contributed by atoms with Crippen LogP contribution in [-0.4, -0.2) is 48.6 Å². The van der Waals surface area contributed by atoms with Gasteiger partial charge in [-0.2, -0.15) is 0 Å². The van der Waals surface area contributed by atoms with Crippen molar-refractivity contribution in [1.82, 2.24) is 0 Å². The summed E-state index contributed by atoms with van der Waals surface area (Å²) < 4.78 is 31.2. The number of phenols is 1. The zero-order chi connectivity index (χ0) is 28.6. The molecule has 1 aromatic carbocycles. The second-order valence-corrected chi connectivity index (χ2v) is 12.2. The average molecular weight is 553 g/mol. The molecule has 2 bridgehead atoms. The molecule has 1 N–H and O–H groups in total. The Labute approximate surface area is 238 Å². The summed E-state index contributed by atoms with van der Waals surface area (Å²) in [4.78, 5) is 13.9. The molecule has 2 saturated heterocycles. The molecule has 1 unspecified atom stereocenters. The minimum absolute atomic E-state index is 0.00456. The number of carbonyl (C=O) groups excluding carboxylic acids is 1. The van der Waals surface area contributed by atoms with Crippen molar-refractivity contribution in [3.05, 3.63) is 52.6 Å². The van der Waals surface area contributed by atoms with Crippen LogP contribution in [0, 0.1) is 18.8 Å². The Morgan fingerprint density at radius 2 is 1.95 bits per heavy atom. The van der Waals surface area contributed by atoms with Gasteiger partial charge in [0, 0.05) is 37.5 Å². The molecule has 0 aliphatic carbocycles. The van der Waals surface area contributed by atoms with Gasteiger partial charge in [-0.15, -0.1) is 0 Å². The number of aryl methyl sites for hydroxylation is 1. The van der Waals surface area contributed by atoms with E-state index in [-0.39, 0.29) is 29.8 Å². The van der Waals surface area contributed by atoms with E-state index in [1.165, 1.54) is 5.57 Å². The summed E-state index contributed by atoms with van der Waals surface area (Å²) in [6.45, 7) is 10.5. The number of phenolic OH excluding ortho intramolecular Hbond substituents is 1. The fourth-order valence-electron chi connectivity index (χ4n) is 6.68. The summed E-state index contributed by atoms with van der Waals surface area (Å²) in [7, 11) is 1.55. The van der Waals surface area contributed by atoms with Gasteiger partial charge in [-0.1, -0.05) is 50.6 Å². The highest BCUT2D eigenvalue weighted by Gasteiger charge is 2.48. The summed E-state index contributed by atoms with van der Waals surface area (Å²) >= 11 is 0. The molecule has 218 valence electrons. The van der Waals surface area contributed by atoms with E-state index in [2.05, 4.69) is 39.8 Å². The van der Waals surface area contributed by atoms with Crippen LogP contribution >= 0.6 is 0 Å². The molecule has 40 heavy (non-hydrogen) atoms. The van der Waals surface area contributed by atoms with Gasteiger partial charge in [0.25, 0.3) is 0 Å². The number of carbonyl (C=O) groups is 1. The fourth-order valence-corrected chi connectivity index (χ4v) is 6.68. The van der Waals surface area contributed by atoms with Crippen LogP contribution in [0.3, 0.4) is 0 Å². The zero-order valence-electron chi connectivity index (χ0n) is 24.7. The van der Waals surface area contributed by atoms with E-state index in [0.29, 0.717) is 46.9 Å². The van der Waals surface area contributed by atoms with Crippen LogP contribution < -0.4 is 4.74 Å². The van der Waals surface area contributed by atoms with Crippen molar-refractivity contribution in [3.63, 3.8) is 0 Å². The molecule has 0 amide bonds. The highest BCUT2D eigenvalue weighted by molar-refractivity contribution is 6.00. The van der Waals surface area contributed by atoms with Gasteiger partial charge >= 0.3 is 5.97 Å². The minimum atomic E-state index is -0.758. The second-order valence-electron chi connectivity index (χ2n) is 12.2. The third-order valence-corrected chi connectivity index (χ3v) is 8.84. The fraction of sp³-hybridized carbons (Fsp3) is 0.606. The third-order valence-electron chi connectivity index (χ3n) is 8.84. The van der Waals surface area contributed by atoms with Crippen LogP contribution in [0.15, 0.2) is 35.9 Å². The highest BCUT2D eigenvalue weighted by atomic mass is 16.7. The van der Waals surface area contributed by atoms with Crippen molar-refractivity contribution in [3.8, 4) is 11.5 Å². The van der Waals surface area contributed by atoms with Gasteiger partial charge in [-0.05, 0) is 63.0 Å². The summed E-state index contributed by atoms with van der Waals surface area (Å²) in [6.07, 6.45) is 12.7. The van der Waals surface area contributed by atoms with Gasteiger partial charge in [0.1, 0.15) is 6.10 Å². The predicted molar refractivity (Wildman–Crippen MR) is 153 cm³/mol. The van der Waals surface area contributed by atoms with E-state index in [1.54, 1.807) is 20.1 Å². The highest BCUT2D eigenvalue weighted by Crippen LogP contribution is 2.48. The second kappa shape index (κ2) is 11.7. The topological polar surface area (TPSA) is 83.5 Å². The number of rotatable bonds is 2. The van der Waals surface area contributed by atoms with Gasteiger partial charge in [0.15, 0.2) is 17.3 Å². The summed E-state index contributed by atoms with van der Waals surface area (Å²) in [5.74, 6) is -0.178. The van der Waals surface area contributed by atoms with E-state index in [0.717, 1.165) is 32.1 Å². The largest absolute Gasteiger partial charge is 0.504 e. The van der Waals surface area contributed by atoms with Gasteiger partial charge < -0.3 is 28.8 Å². The van der Waals surface area contributed by atoms with Gasteiger partial charge in [0.05, 0.1) is 17.8 Å². The van der Waals surface area contributed by atoms with Crippen LogP contribution in [0.5, 0.6) is 11.5 Å². The lowest BCUT2D eigenvalue weighted by molar-refractivity contribution is -0.334. The molecule has 5 rings (SSSR count). The molecule has 0 radical (unpaired) electrons. The first-order valence-electron chi connectivity index (χ1n) is 14.8. The molecular weight excluding hydrogens is 508 g/mol. The van der Waals surface area contributed by atoms with Gasteiger partial charge in [0.2, 0.25) is 6.29 Å². The maximum absolute atomic E-state index is 13.9. The minimum Gasteiger partial charge on any atom is -0.504 e. The van der Waals surface area contributed by atoms with E-state index in [9.17, 15) is 9.90 Å². The maximum atomic E-state index is 13.9. The maximum Gasteiger partial charge on any atom is 0.339 e. The first-order valence-corrected chi connectivity index (χ1v) is 14.8. The van der Waals surface area contributed by atoms with Crippen molar-refractivity contribution in [2.75, 3.05) is 7.11 Å². The molecule has 1 spiro atoms. The number of aromatic hydroxyl groups is 1. The van der Waals surface area contributed by atoms with Crippen molar-refractivity contribution in [2.24, 2.45) is 11.8 Å². The lowest BCUT2D eigenvalue weighted by atomic mass is 9.85. The first-order chi connectivity index (χ1) is 19.1. The molecule has 0 saturated carbocycles. The zero-order valence-corrected chi connectivity index (χ0v) is 24.7. The predicted octanol–water partition coefficient (Wildman–Crippen LogP) is 7.01. The molecule has 2 fully saturated rings. The van der Waals surface area contributed by atoms with Gasteiger partial charge in [-0.25, -0.2) is 4.79 Å². The number of esters is 1. The summed E-state index contributed by atoms with van der Waals surface area (Å²) in [5, 5.41) is 10.9. The standard InChI is InChI=1S/C33H44O7/c1-7-27-21(4)13-14-33(40-27)18-24-17-23(39-33)12-11-20(3)15-19(2)9-8-10-25-28-26(31(35)37-24)16-22(5)29(34)30(28)38-32(25)36-6/h8-11,16,19,21,23-24,27,32,34H,7,12-15,17-18H2,1-6H3/b9-8+,20-11+,25-10+/t19-,21-,23+,24-,27+,32?,33+/m0/s1. The number of hydrogen-bond donors (Lipinski definition) is 1. The van der Waals surface area contributed by atoms with E-state index < -0.39 is 18.0 Å². The van der Waals surface area contributed by atoms with E-state index in [4.69, 9.17) is 23.7 Å². The smallest absolute Gasteiger partial charge is 0.339 e. The van der Waals surface area contributed by atoms with Crippen LogP contribution in [0.1, 0.15) is 94.1 Å². The van der Waals surface area contributed by atoms with Crippen LogP contribution in [0.25, 0.3) is 5.57 Å². The molecule has 4 aliphatic heterocycles. The molecule has 7 atom stereocenters. The number of benzene rings is 1. The quantitative estimate of drug-likeness (QED) is 0.312. The van der Waals surface area contributed by atoms with Crippen molar-refractivity contribution in [2.45, 2.75) is 110 Å². The molecule has 7 nitrogen and oxygen atoms in total. The van der Waals surface area contributed by atoms with Gasteiger partial charge in [-0.3, -0.25) is 0 Å². The third kappa shape index (κ3) is 5.74. The number of allylic oxidation sites excluding steroid dienone is 4. The van der Waals surface area contributed by atoms with Crippen molar-refractivity contribution in [1.29, 1.82) is 0 Å². The lowest BCUT2D eigenvalue weighted by Crippen LogP contribution is -2.54. The van der Waals surface area contributed by atoms with Crippen LogP contribution in [0.2, 0.25) is 0 Å². The monoisotopic (exact) mass is 552 g/mol. The average Bonchev–Trinajstić information content (AvgIpc) is 3.29. The number of fused-ring (bicyclic) bond motifs is 2. The molecular formula is C33H44O7. The summed E-state index contributed by atoms with van der Waals surface area (Å²) in [5.41, 5.74) is 3.40. The molecule has 4 heterocycles. The van der Waals surface area contributed by atoms with E-state index >= 15 is 0 Å². The van der Waals surface area contributed by atoms with Crippen LogP contribution in [0.4, 0.5) is 0 Å². The molecule has 0 aromatic heterocycles. The lowest BCUT2D eigenvalue weighted by Gasteiger charge is -2.49. The molecule has 7 heteroatoms. The van der Waals surface area contributed by atoms with Crippen LogP contribution in [-0.2, 0) is 18.9 Å². The molecule has 4 aliphatic rings. The van der Waals surface area contributed by atoms with Crippen molar-refractivity contribution < 1.29 is 33.6 Å². The SMILES string of the molecule is CC[C@H]1O[C@]2(CC[C@@H]1C)C[C@@H]1C[C@@H](C/C=C(\C)C[C@@H](C)/C=C/C=C3\c4c(cc(C)c(O)c4OC3OC)C(=O)O1)O2. The first kappa shape index (κ1) is 28.9. The Kier molecular flexibility index (Phi) is 8.46. The number of hydrogen-bond acceptors (Lipinski definition) is 7. The summed E-state index contributed by atoms with van der Waals surface area (Å²) in [6, 6.07) is 1.69. The Bertz CT molecular complexity index is 1210.